The molecule has 2 heteroatoms. The van der Waals surface area contributed by atoms with E-state index in [0.29, 0.717) is 6.04 Å². The first kappa shape index (κ1) is 16.5. The number of likely N-dealkylation sites (tertiary alicyclic amines) is 1. The zero-order chi connectivity index (χ0) is 15.2. The second-order valence-electron chi connectivity index (χ2n) is 6.56. The van der Waals surface area contributed by atoms with Crippen LogP contribution in [0.3, 0.4) is 0 Å². The summed E-state index contributed by atoms with van der Waals surface area (Å²) in [6.07, 6.45) is 5.29. The zero-order valence-corrected chi connectivity index (χ0v) is 14.3. The van der Waals surface area contributed by atoms with Crippen LogP contribution in [0.15, 0.2) is 18.2 Å². The third-order valence-corrected chi connectivity index (χ3v) is 4.77. The van der Waals surface area contributed by atoms with E-state index in [0.717, 1.165) is 12.6 Å². The van der Waals surface area contributed by atoms with Crippen LogP contribution >= 0.6 is 0 Å². The predicted molar refractivity (Wildman–Crippen MR) is 91.8 cm³/mol. The highest BCUT2D eigenvalue weighted by molar-refractivity contribution is 5.30. The molecule has 0 amide bonds. The molecule has 0 radical (unpaired) electrons. The van der Waals surface area contributed by atoms with Gasteiger partial charge in [0.15, 0.2) is 0 Å². The minimum absolute atomic E-state index is 0.492. The van der Waals surface area contributed by atoms with Crippen molar-refractivity contribution < 1.29 is 0 Å². The Labute approximate surface area is 130 Å². The first-order valence-corrected chi connectivity index (χ1v) is 8.69. The Kier molecular flexibility index (Phi) is 6.25. The Balaban J connectivity index is 2.01. The summed E-state index contributed by atoms with van der Waals surface area (Å²) >= 11 is 0. The molecule has 2 atom stereocenters. The van der Waals surface area contributed by atoms with Gasteiger partial charge in [0.2, 0.25) is 0 Å². The van der Waals surface area contributed by atoms with Crippen LogP contribution in [0, 0.1) is 13.8 Å². The van der Waals surface area contributed by atoms with Crippen LogP contribution in [0.25, 0.3) is 0 Å². The highest BCUT2D eigenvalue weighted by Gasteiger charge is 2.23. The van der Waals surface area contributed by atoms with Crippen LogP contribution in [0.4, 0.5) is 0 Å². The molecule has 1 fully saturated rings. The van der Waals surface area contributed by atoms with Crippen LogP contribution in [-0.2, 0) is 0 Å². The molecule has 0 aromatic heterocycles. The molecule has 0 bridgehead atoms. The molecule has 2 nitrogen and oxygen atoms in total. The van der Waals surface area contributed by atoms with Gasteiger partial charge in [-0.15, -0.1) is 0 Å². The molecule has 21 heavy (non-hydrogen) atoms. The molecule has 0 spiro atoms. The number of hydrogen-bond donors (Lipinski definition) is 1. The molecule has 1 aromatic carbocycles. The van der Waals surface area contributed by atoms with Crippen LogP contribution in [0.2, 0.25) is 0 Å². The molecule has 0 aliphatic carbocycles. The van der Waals surface area contributed by atoms with E-state index in [2.05, 4.69) is 56.1 Å². The molecular weight excluding hydrogens is 256 g/mol. The molecule has 118 valence electrons. The van der Waals surface area contributed by atoms with Crippen molar-refractivity contribution >= 4 is 0 Å². The van der Waals surface area contributed by atoms with Crippen molar-refractivity contribution in [3.63, 3.8) is 0 Å². The van der Waals surface area contributed by atoms with E-state index in [1.807, 2.05) is 0 Å². The number of nitrogens with one attached hydrogen (secondary N) is 1. The van der Waals surface area contributed by atoms with Crippen LogP contribution in [0.5, 0.6) is 0 Å². The van der Waals surface area contributed by atoms with E-state index in [4.69, 9.17) is 0 Å². The number of rotatable bonds is 7. The third kappa shape index (κ3) is 4.55. The molecule has 1 heterocycles. The fourth-order valence-electron chi connectivity index (χ4n) is 3.79. The van der Waals surface area contributed by atoms with Crippen LogP contribution < -0.4 is 5.32 Å². The van der Waals surface area contributed by atoms with E-state index >= 15 is 0 Å². The van der Waals surface area contributed by atoms with Crippen LogP contribution in [-0.4, -0.2) is 30.6 Å². The molecule has 2 rings (SSSR count). The number of hydrogen-bond acceptors (Lipinski definition) is 2. The summed E-state index contributed by atoms with van der Waals surface area (Å²) in [7, 11) is 0. The Morgan fingerprint density at radius 3 is 2.52 bits per heavy atom. The minimum Gasteiger partial charge on any atom is -0.310 e. The smallest absolute Gasteiger partial charge is 0.0332 e. The Morgan fingerprint density at radius 1 is 1.19 bits per heavy atom. The topological polar surface area (TPSA) is 15.3 Å². The van der Waals surface area contributed by atoms with Crippen LogP contribution in [0.1, 0.15) is 62.3 Å². The summed E-state index contributed by atoms with van der Waals surface area (Å²) in [5.41, 5.74) is 4.21. The van der Waals surface area contributed by atoms with Crippen molar-refractivity contribution in [3.8, 4) is 0 Å². The molecule has 0 saturated carbocycles. The SMILES string of the molecule is CCNC(CCN1CCCC1CC)c1cc(C)cc(C)c1. The summed E-state index contributed by atoms with van der Waals surface area (Å²) in [5, 5.41) is 3.68. The molecule has 1 N–H and O–H groups in total. The van der Waals surface area contributed by atoms with Gasteiger partial charge in [0.25, 0.3) is 0 Å². The number of nitrogens with zero attached hydrogens (tertiary/aromatic N) is 1. The summed E-state index contributed by atoms with van der Waals surface area (Å²) < 4.78 is 0. The van der Waals surface area contributed by atoms with E-state index in [-0.39, 0.29) is 0 Å². The van der Waals surface area contributed by atoms with Crippen molar-refractivity contribution in [2.75, 3.05) is 19.6 Å². The fraction of sp³-hybridized carbons (Fsp3) is 0.684. The largest absolute Gasteiger partial charge is 0.310 e. The van der Waals surface area contributed by atoms with E-state index in [1.165, 1.54) is 55.5 Å². The predicted octanol–water partition coefficient (Wildman–Crippen LogP) is 4.22. The average Bonchev–Trinajstić information content (AvgIpc) is 2.89. The zero-order valence-electron chi connectivity index (χ0n) is 14.3. The lowest BCUT2D eigenvalue weighted by atomic mass is 9.98. The second-order valence-corrected chi connectivity index (χ2v) is 6.56. The molecule has 1 aliphatic rings. The summed E-state index contributed by atoms with van der Waals surface area (Å²) in [6, 6.07) is 8.28. The first-order chi connectivity index (χ1) is 10.1. The van der Waals surface area contributed by atoms with Crippen molar-refractivity contribution in [2.24, 2.45) is 0 Å². The maximum atomic E-state index is 3.68. The van der Waals surface area contributed by atoms with Gasteiger partial charge >= 0.3 is 0 Å². The lowest BCUT2D eigenvalue weighted by Crippen LogP contribution is -2.33. The van der Waals surface area contributed by atoms with Gasteiger partial charge in [-0.1, -0.05) is 43.2 Å². The molecule has 1 saturated heterocycles. The standard InChI is InChI=1S/C19H32N2/c1-5-18-8-7-10-21(18)11-9-19(20-6-2)17-13-15(3)12-16(4)14-17/h12-14,18-20H,5-11H2,1-4H3. The van der Waals surface area contributed by atoms with Gasteiger partial charge in [0.1, 0.15) is 0 Å². The van der Waals surface area contributed by atoms with Gasteiger partial charge in [-0.3, -0.25) is 0 Å². The second kappa shape index (κ2) is 7.95. The van der Waals surface area contributed by atoms with Gasteiger partial charge in [-0.05, 0) is 58.2 Å². The van der Waals surface area contributed by atoms with Gasteiger partial charge in [-0.2, -0.15) is 0 Å². The molecule has 1 aliphatic heterocycles. The lowest BCUT2D eigenvalue weighted by Gasteiger charge is -2.27. The summed E-state index contributed by atoms with van der Waals surface area (Å²) in [6.45, 7) is 12.5. The number of benzene rings is 1. The first-order valence-electron chi connectivity index (χ1n) is 8.69. The van der Waals surface area contributed by atoms with Crippen molar-refractivity contribution in [1.82, 2.24) is 10.2 Å². The van der Waals surface area contributed by atoms with E-state index in [9.17, 15) is 0 Å². The van der Waals surface area contributed by atoms with Crippen molar-refractivity contribution in [2.45, 2.75) is 65.5 Å². The minimum atomic E-state index is 0.492. The normalized spacial score (nSPS) is 20.9. The highest BCUT2D eigenvalue weighted by atomic mass is 15.2. The fourth-order valence-corrected chi connectivity index (χ4v) is 3.79. The molecular formula is C19H32N2. The average molecular weight is 288 g/mol. The Morgan fingerprint density at radius 2 is 1.90 bits per heavy atom. The molecule has 1 aromatic rings. The molecule has 2 unspecified atom stereocenters. The van der Waals surface area contributed by atoms with E-state index in [1.54, 1.807) is 0 Å². The monoisotopic (exact) mass is 288 g/mol. The Hall–Kier alpha value is -0.860. The summed E-state index contributed by atoms with van der Waals surface area (Å²) in [4.78, 5) is 2.70. The number of aryl methyl sites for hydroxylation is 2. The maximum Gasteiger partial charge on any atom is 0.0332 e. The van der Waals surface area contributed by atoms with Gasteiger partial charge in [0, 0.05) is 18.6 Å². The van der Waals surface area contributed by atoms with Crippen molar-refractivity contribution in [1.29, 1.82) is 0 Å². The maximum absolute atomic E-state index is 3.68. The van der Waals surface area contributed by atoms with Gasteiger partial charge < -0.3 is 10.2 Å². The van der Waals surface area contributed by atoms with Gasteiger partial charge in [-0.25, -0.2) is 0 Å². The third-order valence-electron chi connectivity index (χ3n) is 4.77. The summed E-state index contributed by atoms with van der Waals surface area (Å²) in [5.74, 6) is 0. The lowest BCUT2D eigenvalue weighted by molar-refractivity contribution is 0.234. The Bertz CT molecular complexity index is 421. The highest BCUT2D eigenvalue weighted by Crippen LogP contribution is 2.24. The quantitative estimate of drug-likeness (QED) is 0.808. The van der Waals surface area contributed by atoms with E-state index < -0.39 is 0 Å². The van der Waals surface area contributed by atoms with Crippen molar-refractivity contribution in [3.05, 3.63) is 34.9 Å². The van der Waals surface area contributed by atoms with Gasteiger partial charge in [0.05, 0.1) is 0 Å².